The molecule has 0 spiro atoms. The molecule has 3 rings (SSSR count). The maximum atomic E-state index is 12.4. The van der Waals surface area contributed by atoms with E-state index in [1.54, 1.807) is 7.11 Å². The predicted molar refractivity (Wildman–Crippen MR) is 122 cm³/mol. The van der Waals surface area contributed by atoms with Gasteiger partial charge in [0.15, 0.2) is 11.5 Å². The van der Waals surface area contributed by atoms with Gasteiger partial charge < -0.3 is 20.1 Å². The number of ether oxygens (including phenoxy) is 2. The van der Waals surface area contributed by atoms with Crippen molar-refractivity contribution >= 4 is 17.5 Å². The molecule has 6 heteroatoms. The minimum absolute atomic E-state index is 0.0182. The Morgan fingerprint density at radius 3 is 2.68 bits per heavy atom. The van der Waals surface area contributed by atoms with Crippen molar-refractivity contribution in [1.29, 1.82) is 0 Å². The van der Waals surface area contributed by atoms with Crippen molar-refractivity contribution in [1.82, 2.24) is 5.32 Å². The molecule has 0 fully saturated rings. The van der Waals surface area contributed by atoms with Crippen LogP contribution in [0.3, 0.4) is 0 Å². The monoisotopic (exact) mass is 424 g/mol. The van der Waals surface area contributed by atoms with Crippen LogP contribution in [0.2, 0.25) is 0 Å². The topological polar surface area (TPSA) is 76.7 Å². The quantitative estimate of drug-likeness (QED) is 0.592. The Labute approximate surface area is 184 Å². The number of carbonyl (C=O) groups excluding carboxylic acids is 2. The number of nitrogens with one attached hydrogen (secondary N) is 2. The van der Waals surface area contributed by atoms with Gasteiger partial charge in [-0.15, -0.1) is 0 Å². The SMILES string of the molecule is COc1cc(C(C)NC(=O)CCCc2ccc3c(c2)CC(=O)N3)ccc1OCC(C)C. The molecule has 1 aliphatic heterocycles. The summed E-state index contributed by atoms with van der Waals surface area (Å²) in [5.41, 5.74) is 4.06. The number of anilines is 1. The third kappa shape index (κ3) is 6.23. The lowest BCUT2D eigenvalue weighted by Crippen LogP contribution is -2.26. The van der Waals surface area contributed by atoms with Crippen molar-refractivity contribution in [3.8, 4) is 11.5 Å². The molecule has 1 unspecified atom stereocenters. The van der Waals surface area contributed by atoms with Crippen LogP contribution < -0.4 is 20.1 Å². The van der Waals surface area contributed by atoms with Crippen LogP contribution in [0.1, 0.15) is 56.3 Å². The largest absolute Gasteiger partial charge is 0.493 e. The maximum absolute atomic E-state index is 12.4. The number of amides is 2. The summed E-state index contributed by atoms with van der Waals surface area (Å²) >= 11 is 0. The highest BCUT2D eigenvalue weighted by Crippen LogP contribution is 2.31. The summed E-state index contributed by atoms with van der Waals surface area (Å²) in [5.74, 6) is 1.87. The molecule has 2 aromatic rings. The van der Waals surface area contributed by atoms with Gasteiger partial charge in [0, 0.05) is 12.1 Å². The molecule has 0 aliphatic carbocycles. The van der Waals surface area contributed by atoms with E-state index < -0.39 is 0 Å². The second-order valence-corrected chi connectivity index (χ2v) is 8.47. The Balaban J connectivity index is 1.49. The zero-order valence-corrected chi connectivity index (χ0v) is 18.8. The van der Waals surface area contributed by atoms with Crippen LogP contribution in [-0.4, -0.2) is 25.5 Å². The van der Waals surface area contributed by atoms with E-state index in [0.717, 1.165) is 35.2 Å². The fraction of sp³-hybridized carbons (Fsp3) is 0.440. The highest BCUT2D eigenvalue weighted by molar-refractivity contribution is 5.99. The van der Waals surface area contributed by atoms with Gasteiger partial charge in [0.25, 0.3) is 0 Å². The minimum atomic E-state index is -0.127. The van der Waals surface area contributed by atoms with E-state index in [4.69, 9.17) is 9.47 Å². The molecular weight excluding hydrogens is 392 g/mol. The van der Waals surface area contributed by atoms with Crippen molar-refractivity contribution < 1.29 is 19.1 Å². The molecule has 1 heterocycles. The first kappa shape index (κ1) is 22.7. The fourth-order valence-corrected chi connectivity index (χ4v) is 3.62. The van der Waals surface area contributed by atoms with E-state index in [1.165, 1.54) is 0 Å². The van der Waals surface area contributed by atoms with Gasteiger partial charge in [-0.25, -0.2) is 0 Å². The predicted octanol–water partition coefficient (Wildman–Crippen LogP) is 4.42. The molecular formula is C25H32N2O4. The second kappa shape index (κ2) is 10.3. The number of benzene rings is 2. The first-order valence-electron chi connectivity index (χ1n) is 10.9. The lowest BCUT2D eigenvalue weighted by atomic mass is 10.0. The van der Waals surface area contributed by atoms with E-state index in [-0.39, 0.29) is 17.9 Å². The molecule has 0 bridgehead atoms. The van der Waals surface area contributed by atoms with E-state index in [0.29, 0.717) is 36.9 Å². The van der Waals surface area contributed by atoms with Crippen molar-refractivity contribution in [2.75, 3.05) is 19.0 Å². The maximum Gasteiger partial charge on any atom is 0.228 e. The Morgan fingerprint density at radius 2 is 1.94 bits per heavy atom. The number of aryl methyl sites for hydroxylation is 1. The lowest BCUT2D eigenvalue weighted by molar-refractivity contribution is -0.121. The Morgan fingerprint density at radius 1 is 1.13 bits per heavy atom. The molecule has 2 aromatic carbocycles. The second-order valence-electron chi connectivity index (χ2n) is 8.47. The Hall–Kier alpha value is -3.02. The molecule has 6 nitrogen and oxygen atoms in total. The van der Waals surface area contributed by atoms with Crippen LogP contribution in [0.25, 0.3) is 0 Å². The van der Waals surface area contributed by atoms with Gasteiger partial charge in [-0.3, -0.25) is 9.59 Å². The number of hydrogen-bond acceptors (Lipinski definition) is 4. The molecule has 31 heavy (non-hydrogen) atoms. The first-order valence-corrected chi connectivity index (χ1v) is 10.9. The van der Waals surface area contributed by atoms with Crippen LogP contribution in [0.15, 0.2) is 36.4 Å². The minimum Gasteiger partial charge on any atom is -0.493 e. The van der Waals surface area contributed by atoms with E-state index in [2.05, 4.69) is 30.5 Å². The summed E-state index contributed by atoms with van der Waals surface area (Å²) in [6.45, 7) is 6.78. The van der Waals surface area contributed by atoms with Crippen LogP contribution in [0.5, 0.6) is 11.5 Å². The molecule has 2 N–H and O–H groups in total. The highest BCUT2D eigenvalue weighted by atomic mass is 16.5. The van der Waals surface area contributed by atoms with Gasteiger partial charge in [0.1, 0.15) is 0 Å². The highest BCUT2D eigenvalue weighted by Gasteiger charge is 2.17. The number of fused-ring (bicyclic) bond motifs is 1. The molecule has 0 saturated carbocycles. The first-order chi connectivity index (χ1) is 14.9. The van der Waals surface area contributed by atoms with E-state index in [1.807, 2.05) is 37.3 Å². The molecule has 1 atom stereocenters. The summed E-state index contributed by atoms with van der Waals surface area (Å²) in [6, 6.07) is 11.7. The number of hydrogen-bond donors (Lipinski definition) is 2. The van der Waals surface area contributed by atoms with Crippen molar-refractivity contribution in [3.05, 3.63) is 53.1 Å². The molecule has 0 radical (unpaired) electrons. The van der Waals surface area contributed by atoms with Gasteiger partial charge >= 0.3 is 0 Å². The van der Waals surface area contributed by atoms with E-state index >= 15 is 0 Å². The van der Waals surface area contributed by atoms with Gasteiger partial charge in [-0.05, 0) is 60.6 Å². The van der Waals surface area contributed by atoms with Crippen LogP contribution in [0.4, 0.5) is 5.69 Å². The summed E-state index contributed by atoms with van der Waals surface area (Å²) < 4.78 is 11.3. The summed E-state index contributed by atoms with van der Waals surface area (Å²) in [5, 5.41) is 5.90. The Kier molecular flexibility index (Phi) is 7.55. The van der Waals surface area contributed by atoms with Crippen molar-refractivity contribution in [2.24, 2.45) is 5.92 Å². The fourth-order valence-electron chi connectivity index (χ4n) is 3.62. The number of methoxy groups -OCH3 is 1. The molecule has 166 valence electrons. The summed E-state index contributed by atoms with van der Waals surface area (Å²) in [6.07, 6.45) is 2.44. The number of rotatable bonds is 10. The van der Waals surface area contributed by atoms with Crippen molar-refractivity contribution in [2.45, 2.75) is 52.5 Å². The number of carbonyl (C=O) groups is 2. The van der Waals surface area contributed by atoms with Crippen LogP contribution >= 0.6 is 0 Å². The van der Waals surface area contributed by atoms with Crippen LogP contribution in [0, 0.1) is 5.92 Å². The zero-order chi connectivity index (χ0) is 22.4. The van der Waals surface area contributed by atoms with Crippen LogP contribution in [-0.2, 0) is 22.4 Å². The molecule has 1 aliphatic rings. The van der Waals surface area contributed by atoms with Gasteiger partial charge in [-0.1, -0.05) is 32.0 Å². The Bertz CT molecular complexity index is 939. The van der Waals surface area contributed by atoms with Gasteiger partial charge in [0.05, 0.1) is 26.2 Å². The van der Waals surface area contributed by atoms with Gasteiger partial charge in [0.2, 0.25) is 11.8 Å². The standard InChI is InChI=1S/C25H32N2O4/c1-16(2)15-31-22-11-9-19(13-23(22)30-4)17(3)26-24(28)7-5-6-18-8-10-21-20(12-18)14-25(29)27-21/h8-13,16-17H,5-7,14-15H2,1-4H3,(H,26,28)(H,27,29). The lowest BCUT2D eigenvalue weighted by Gasteiger charge is -2.18. The third-order valence-corrected chi connectivity index (χ3v) is 5.30. The average Bonchev–Trinajstić information content (AvgIpc) is 3.11. The smallest absolute Gasteiger partial charge is 0.228 e. The molecule has 0 aromatic heterocycles. The molecule has 0 saturated heterocycles. The average molecular weight is 425 g/mol. The normalized spacial score (nSPS) is 13.5. The van der Waals surface area contributed by atoms with E-state index in [9.17, 15) is 9.59 Å². The summed E-state index contributed by atoms with van der Waals surface area (Å²) in [4.78, 5) is 23.9. The summed E-state index contributed by atoms with van der Waals surface area (Å²) in [7, 11) is 1.62. The third-order valence-electron chi connectivity index (χ3n) is 5.30. The zero-order valence-electron chi connectivity index (χ0n) is 18.8. The van der Waals surface area contributed by atoms with Crippen molar-refractivity contribution in [3.63, 3.8) is 0 Å². The van der Waals surface area contributed by atoms with Gasteiger partial charge in [-0.2, -0.15) is 0 Å². The molecule has 2 amide bonds.